The molecule has 0 bridgehead atoms. The molecule has 2 aromatic carbocycles. The number of hydrogen-bond acceptors (Lipinski definition) is 9. The third-order valence-corrected chi connectivity index (χ3v) is 11.8. The number of carbonyl (C=O) groups excluding carboxylic acids is 4. The summed E-state index contributed by atoms with van der Waals surface area (Å²) >= 11 is 0. The standard InChI is InChI=1S/C39H40N10O4/c50-35-7-6-34(38(52)43-35)47-21-25-14-28(4-5-29(25)39(47)53)46-19-23(20-46)18-45-12-8-27(9-13-45)49-22-26-15-33(30(24-2-3-24)16-32(26)44-49)42-37(51)31-17-41-48-11-1-10-40-36(31)48/h1,4-5,10-11,14-17,22-24,27,34H,2-3,6-9,12-13,18-21H2,(H,42,51)(H,43,50,52). The van der Waals surface area contributed by atoms with Gasteiger partial charge in [0, 0.05) is 92.5 Å². The maximum absolute atomic E-state index is 13.4. The number of piperidine rings is 2. The molecule has 14 nitrogen and oxygen atoms in total. The number of carbonyl (C=O) groups is 4. The highest BCUT2D eigenvalue weighted by molar-refractivity contribution is 6.09. The Labute approximate surface area is 305 Å². The van der Waals surface area contributed by atoms with Crippen LogP contribution in [0.5, 0.6) is 0 Å². The number of imide groups is 1. The summed E-state index contributed by atoms with van der Waals surface area (Å²) in [5.74, 6) is 0.0184. The zero-order chi connectivity index (χ0) is 35.8. The molecule has 14 heteroatoms. The summed E-state index contributed by atoms with van der Waals surface area (Å²) in [6.07, 6.45) is 12.1. The van der Waals surface area contributed by atoms with Gasteiger partial charge in [-0.2, -0.15) is 10.2 Å². The molecule has 5 aliphatic rings. The molecule has 2 N–H and O–H groups in total. The second-order valence-corrected chi connectivity index (χ2v) is 15.3. The van der Waals surface area contributed by atoms with Gasteiger partial charge < -0.3 is 20.0 Å². The minimum Gasteiger partial charge on any atom is -0.371 e. The van der Waals surface area contributed by atoms with Crippen molar-refractivity contribution in [1.82, 2.24) is 39.5 Å². The number of nitrogens with one attached hydrogen (secondary N) is 2. The fourth-order valence-corrected chi connectivity index (χ4v) is 8.70. The number of anilines is 2. The van der Waals surface area contributed by atoms with Gasteiger partial charge in [-0.1, -0.05) is 0 Å². The highest BCUT2D eigenvalue weighted by Gasteiger charge is 2.40. The molecule has 4 amide bonds. The number of amides is 4. The fourth-order valence-electron chi connectivity index (χ4n) is 8.70. The SMILES string of the molecule is O=C1CCC(N2Cc3cc(N4CC(CN5CCC(n6cc7cc(NC(=O)c8cnn9cccnc89)c(C8CC8)cc7n6)CC5)C4)ccc3C2=O)C(=O)N1. The highest BCUT2D eigenvalue weighted by atomic mass is 16.2. The van der Waals surface area contributed by atoms with Crippen LogP contribution in [0.3, 0.4) is 0 Å². The molecule has 53 heavy (non-hydrogen) atoms. The van der Waals surface area contributed by atoms with E-state index in [1.54, 1.807) is 34.1 Å². The first-order valence-electron chi connectivity index (χ1n) is 18.7. The zero-order valence-electron chi connectivity index (χ0n) is 29.3. The van der Waals surface area contributed by atoms with E-state index >= 15 is 0 Å². The summed E-state index contributed by atoms with van der Waals surface area (Å²) < 4.78 is 3.75. The lowest BCUT2D eigenvalue weighted by Gasteiger charge is -2.44. The summed E-state index contributed by atoms with van der Waals surface area (Å²) in [7, 11) is 0. The van der Waals surface area contributed by atoms with E-state index in [-0.39, 0.29) is 30.0 Å². The Balaban J connectivity index is 0.745. The van der Waals surface area contributed by atoms with Gasteiger partial charge in [0.05, 0.1) is 17.8 Å². The number of likely N-dealkylation sites (tertiary alicyclic amines) is 1. The number of rotatable bonds is 8. The van der Waals surface area contributed by atoms with Crippen LogP contribution in [0.25, 0.3) is 16.6 Å². The van der Waals surface area contributed by atoms with E-state index in [1.165, 1.54) is 0 Å². The fraction of sp³-hybridized carbons (Fsp3) is 0.410. The molecule has 1 atom stereocenters. The monoisotopic (exact) mass is 712 g/mol. The van der Waals surface area contributed by atoms with Gasteiger partial charge in [-0.05, 0) is 85.5 Å². The van der Waals surface area contributed by atoms with E-state index in [1.807, 2.05) is 12.1 Å². The van der Waals surface area contributed by atoms with Gasteiger partial charge in [0.2, 0.25) is 11.8 Å². The summed E-state index contributed by atoms with van der Waals surface area (Å²) in [6.45, 7) is 5.46. The average molecular weight is 713 g/mol. The summed E-state index contributed by atoms with van der Waals surface area (Å²) in [5.41, 5.74) is 6.65. The van der Waals surface area contributed by atoms with Gasteiger partial charge in [0.1, 0.15) is 11.6 Å². The number of fused-ring (bicyclic) bond motifs is 3. The quantitative estimate of drug-likeness (QED) is 0.230. The zero-order valence-corrected chi connectivity index (χ0v) is 29.3. The molecule has 5 aromatic rings. The lowest BCUT2D eigenvalue weighted by molar-refractivity contribution is -0.136. The van der Waals surface area contributed by atoms with Crippen LogP contribution in [0.1, 0.15) is 82.3 Å². The van der Waals surface area contributed by atoms with E-state index in [0.717, 1.165) is 91.8 Å². The van der Waals surface area contributed by atoms with Crippen LogP contribution >= 0.6 is 0 Å². The van der Waals surface area contributed by atoms with Crippen molar-refractivity contribution < 1.29 is 19.2 Å². The van der Waals surface area contributed by atoms with Crippen molar-refractivity contribution in [3.63, 3.8) is 0 Å². The van der Waals surface area contributed by atoms with E-state index in [9.17, 15) is 19.2 Å². The van der Waals surface area contributed by atoms with Crippen LogP contribution in [0, 0.1) is 5.92 Å². The highest BCUT2D eigenvalue weighted by Crippen LogP contribution is 2.45. The maximum Gasteiger partial charge on any atom is 0.261 e. The lowest BCUT2D eigenvalue weighted by atomic mass is 9.96. The van der Waals surface area contributed by atoms with Gasteiger partial charge >= 0.3 is 0 Å². The minimum atomic E-state index is -0.596. The Hall–Kier alpha value is -5.63. The van der Waals surface area contributed by atoms with Gasteiger partial charge in [-0.25, -0.2) is 9.50 Å². The minimum absolute atomic E-state index is 0.135. The first kappa shape index (κ1) is 32.1. The summed E-state index contributed by atoms with van der Waals surface area (Å²) in [4.78, 5) is 61.4. The second kappa shape index (κ2) is 12.5. The summed E-state index contributed by atoms with van der Waals surface area (Å²) in [5, 5.41) is 15.9. The van der Waals surface area contributed by atoms with Crippen molar-refractivity contribution in [3.8, 4) is 0 Å². The van der Waals surface area contributed by atoms with Crippen LogP contribution in [-0.4, -0.2) is 96.6 Å². The smallest absolute Gasteiger partial charge is 0.261 e. The average Bonchev–Trinajstić information content (AvgIpc) is 3.62. The summed E-state index contributed by atoms with van der Waals surface area (Å²) in [6, 6.07) is 11.8. The topological polar surface area (TPSA) is 150 Å². The van der Waals surface area contributed by atoms with Crippen molar-refractivity contribution in [3.05, 3.63) is 83.4 Å². The van der Waals surface area contributed by atoms with Crippen molar-refractivity contribution in [2.24, 2.45) is 5.92 Å². The van der Waals surface area contributed by atoms with Crippen molar-refractivity contribution in [2.75, 3.05) is 42.9 Å². The molecule has 4 aliphatic heterocycles. The van der Waals surface area contributed by atoms with Crippen LogP contribution in [-0.2, 0) is 16.1 Å². The van der Waals surface area contributed by atoms with Gasteiger partial charge in [-0.15, -0.1) is 0 Å². The third-order valence-electron chi connectivity index (χ3n) is 11.8. The molecule has 1 unspecified atom stereocenters. The van der Waals surface area contributed by atoms with E-state index in [0.29, 0.717) is 47.6 Å². The van der Waals surface area contributed by atoms with Crippen molar-refractivity contribution in [1.29, 1.82) is 0 Å². The Bertz CT molecular complexity index is 2310. The van der Waals surface area contributed by atoms with Gasteiger partial charge in [-0.3, -0.25) is 29.2 Å². The van der Waals surface area contributed by atoms with Crippen molar-refractivity contribution >= 4 is 51.6 Å². The molecule has 1 saturated carbocycles. The van der Waals surface area contributed by atoms with Gasteiger partial charge in [0.25, 0.3) is 11.8 Å². The van der Waals surface area contributed by atoms with Crippen LogP contribution in [0.15, 0.2) is 61.2 Å². The first-order valence-corrected chi connectivity index (χ1v) is 18.7. The largest absolute Gasteiger partial charge is 0.371 e. The molecule has 7 heterocycles. The van der Waals surface area contributed by atoms with Crippen LogP contribution in [0.4, 0.5) is 11.4 Å². The normalized spacial score (nSPS) is 21.4. The number of aromatic nitrogens is 5. The van der Waals surface area contributed by atoms with Crippen molar-refractivity contribution in [2.45, 2.75) is 63.1 Å². The van der Waals surface area contributed by atoms with Crippen LogP contribution < -0.4 is 15.5 Å². The molecule has 3 saturated heterocycles. The predicted molar refractivity (Wildman–Crippen MR) is 196 cm³/mol. The molecule has 3 aromatic heterocycles. The molecule has 270 valence electrons. The Morgan fingerprint density at radius 2 is 1.85 bits per heavy atom. The molecule has 4 fully saturated rings. The van der Waals surface area contributed by atoms with Crippen LogP contribution in [0.2, 0.25) is 0 Å². The Morgan fingerprint density at radius 1 is 1.00 bits per heavy atom. The molecule has 0 radical (unpaired) electrons. The molecular formula is C39H40N10O4. The number of benzene rings is 2. The van der Waals surface area contributed by atoms with E-state index < -0.39 is 6.04 Å². The predicted octanol–water partition coefficient (Wildman–Crippen LogP) is 3.74. The Kier molecular flexibility index (Phi) is 7.56. The number of hydrogen-bond donors (Lipinski definition) is 2. The third kappa shape index (κ3) is 5.81. The van der Waals surface area contributed by atoms with Gasteiger partial charge in [0.15, 0.2) is 5.65 Å². The van der Waals surface area contributed by atoms with E-state index in [2.05, 4.69) is 59.6 Å². The maximum atomic E-state index is 13.4. The first-order chi connectivity index (χ1) is 25.8. The molecule has 1 aliphatic carbocycles. The second-order valence-electron chi connectivity index (χ2n) is 15.3. The van der Waals surface area contributed by atoms with E-state index in [4.69, 9.17) is 5.10 Å². The lowest BCUT2D eigenvalue weighted by Crippen LogP contribution is -2.52. The number of nitrogens with zero attached hydrogens (tertiary/aromatic N) is 8. The molecule has 0 spiro atoms. The molecular weight excluding hydrogens is 672 g/mol. The molecule has 10 rings (SSSR count). The Morgan fingerprint density at radius 3 is 2.66 bits per heavy atom.